The van der Waals surface area contributed by atoms with E-state index in [-0.39, 0.29) is 61.3 Å². The molecule has 0 aliphatic carbocycles. The fraction of sp³-hybridized carbons (Fsp3) is 0.915. The molecule has 0 rings (SSSR count). The van der Waals surface area contributed by atoms with Crippen LogP contribution in [0, 0.1) is 23.2 Å². The van der Waals surface area contributed by atoms with Crippen LogP contribution in [0.1, 0.15) is 229 Å². The second-order valence-electron chi connectivity index (χ2n) is 17.6. The van der Waals surface area contributed by atoms with E-state index in [1.807, 2.05) is 0 Å². The molecule has 0 saturated heterocycles. The molecule has 0 aromatic carbocycles. The molecule has 3 atom stereocenters. The Kier molecular flexibility index (Phi) is 33.7. The number of ether oxygens (including phenoxy) is 3. The Hall–Kier alpha value is -2.12. The molecule has 1 N–H and O–H groups in total. The summed E-state index contributed by atoms with van der Waals surface area (Å²) >= 11 is 0. The standard InChI is InChI=1S/C47H89NO7/c1-9-13-17-21-23-27-30-40(29-25-19-15-11-3)45(51)54-38-42(37-53-44(50)33-34-48-43(49)36-47(7,8)35-39(5)6)55-46(52)41(31-26-20-16-12-4)32-28-24-22-18-14-10-2/h39-42H,9-38H2,1-8H3,(H,48,49). The molecule has 1 amide bonds. The fourth-order valence-corrected chi connectivity index (χ4v) is 7.64. The van der Waals surface area contributed by atoms with Crippen molar-refractivity contribution in [1.82, 2.24) is 5.32 Å². The quantitative estimate of drug-likeness (QED) is 0.0377. The maximum Gasteiger partial charge on any atom is 0.309 e. The summed E-state index contributed by atoms with van der Waals surface area (Å²) in [6, 6.07) is 0. The highest BCUT2D eigenvalue weighted by Crippen LogP contribution is 2.29. The van der Waals surface area contributed by atoms with Gasteiger partial charge in [-0.1, -0.05) is 184 Å². The highest BCUT2D eigenvalue weighted by Gasteiger charge is 2.28. The number of carbonyl (C=O) groups is 4. The van der Waals surface area contributed by atoms with E-state index < -0.39 is 12.1 Å². The molecule has 3 unspecified atom stereocenters. The first-order valence-corrected chi connectivity index (χ1v) is 23.2. The third-order valence-electron chi connectivity index (χ3n) is 10.7. The van der Waals surface area contributed by atoms with E-state index in [1.54, 1.807) is 0 Å². The smallest absolute Gasteiger partial charge is 0.309 e. The van der Waals surface area contributed by atoms with Gasteiger partial charge in [0.2, 0.25) is 5.91 Å². The predicted molar refractivity (Wildman–Crippen MR) is 228 cm³/mol. The average molecular weight is 780 g/mol. The molecule has 8 heteroatoms. The fourth-order valence-electron chi connectivity index (χ4n) is 7.64. The molecule has 0 aliphatic rings. The van der Waals surface area contributed by atoms with Gasteiger partial charge >= 0.3 is 17.9 Å². The first-order valence-electron chi connectivity index (χ1n) is 23.2. The lowest BCUT2D eigenvalue weighted by atomic mass is 9.81. The van der Waals surface area contributed by atoms with Gasteiger partial charge in [-0.15, -0.1) is 0 Å². The van der Waals surface area contributed by atoms with Gasteiger partial charge in [-0.05, 0) is 43.4 Å². The van der Waals surface area contributed by atoms with Crippen LogP contribution in [0.25, 0.3) is 0 Å². The highest BCUT2D eigenvalue weighted by molar-refractivity contribution is 5.77. The van der Waals surface area contributed by atoms with Crippen LogP contribution in [0.15, 0.2) is 0 Å². The molecule has 8 nitrogen and oxygen atoms in total. The van der Waals surface area contributed by atoms with E-state index in [9.17, 15) is 19.2 Å². The number of hydrogen-bond acceptors (Lipinski definition) is 7. The van der Waals surface area contributed by atoms with E-state index >= 15 is 0 Å². The summed E-state index contributed by atoms with van der Waals surface area (Å²) in [4.78, 5) is 52.7. The van der Waals surface area contributed by atoms with E-state index in [2.05, 4.69) is 60.7 Å². The average Bonchev–Trinajstić information content (AvgIpc) is 3.12. The third-order valence-corrected chi connectivity index (χ3v) is 10.7. The second kappa shape index (κ2) is 35.1. The first kappa shape index (κ1) is 52.9. The number of hydrogen-bond donors (Lipinski definition) is 1. The number of amides is 1. The Bertz CT molecular complexity index is 965. The van der Waals surface area contributed by atoms with Gasteiger partial charge < -0.3 is 19.5 Å². The van der Waals surface area contributed by atoms with Gasteiger partial charge in [0.15, 0.2) is 6.10 Å². The van der Waals surface area contributed by atoms with Crippen LogP contribution >= 0.6 is 0 Å². The minimum Gasteiger partial charge on any atom is -0.462 e. The van der Waals surface area contributed by atoms with Gasteiger partial charge in [-0.3, -0.25) is 19.2 Å². The molecule has 0 spiro atoms. The van der Waals surface area contributed by atoms with Crippen LogP contribution in [0.3, 0.4) is 0 Å². The van der Waals surface area contributed by atoms with Crippen LogP contribution in [0.2, 0.25) is 0 Å². The van der Waals surface area contributed by atoms with Crippen molar-refractivity contribution in [1.29, 1.82) is 0 Å². The molecule has 0 aromatic rings. The largest absolute Gasteiger partial charge is 0.462 e. The molecule has 0 aromatic heterocycles. The number of rotatable bonds is 38. The Morgan fingerprint density at radius 2 is 0.945 bits per heavy atom. The first-order chi connectivity index (χ1) is 26.4. The molecule has 324 valence electrons. The molecule has 0 radical (unpaired) electrons. The van der Waals surface area contributed by atoms with Crippen molar-refractivity contribution in [2.75, 3.05) is 19.8 Å². The van der Waals surface area contributed by atoms with Crippen molar-refractivity contribution in [3.05, 3.63) is 0 Å². The Labute approximate surface area is 339 Å². The zero-order chi connectivity index (χ0) is 41.2. The normalized spacial score (nSPS) is 13.3. The summed E-state index contributed by atoms with van der Waals surface area (Å²) in [5.74, 6) is -1.04. The lowest BCUT2D eigenvalue weighted by Crippen LogP contribution is -2.35. The summed E-state index contributed by atoms with van der Waals surface area (Å²) in [5.41, 5.74) is -0.126. The lowest BCUT2D eigenvalue weighted by molar-refractivity contribution is -0.171. The van der Waals surface area contributed by atoms with Crippen LogP contribution in [-0.2, 0) is 33.4 Å². The molecule has 0 fully saturated rings. The molecule has 55 heavy (non-hydrogen) atoms. The van der Waals surface area contributed by atoms with Crippen LogP contribution in [-0.4, -0.2) is 49.7 Å². The Balaban J connectivity index is 5.62. The van der Waals surface area contributed by atoms with Gasteiger partial charge in [-0.2, -0.15) is 0 Å². The van der Waals surface area contributed by atoms with E-state index in [4.69, 9.17) is 14.2 Å². The maximum atomic E-state index is 13.7. The number of unbranched alkanes of at least 4 members (excludes halogenated alkanes) is 16. The molecule has 0 aliphatic heterocycles. The van der Waals surface area contributed by atoms with Gasteiger partial charge in [0, 0.05) is 13.0 Å². The monoisotopic (exact) mass is 780 g/mol. The van der Waals surface area contributed by atoms with E-state index in [0.29, 0.717) is 12.3 Å². The lowest BCUT2D eigenvalue weighted by Gasteiger charge is -2.26. The summed E-state index contributed by atoms with van der Waals surface area (Å²) in [6.07, 6.45) is 26.2. The zero-order valence-electron chi connectivity index (χ0n) is 37.4. The van der Waals surface area contributed by atoms with Crippen LogP contribution < -0.4 is 5.32 Å². The van der Waals surface area contributed by atoms with Crippen molar-refractivity contribution >= 4 is 23.8 Å². The van der Waals surface area contributed by atoms with Crippen molar-refractivity contribution in [3.63, 3.8) is 0 Å². The van der Waals surface area contributed by atoms with Crippen molar-refractivity contribution in [2.24, 2.45) is 23.2 Å². The van der Waals surface area contributed by atoms with E-state index in [0.717, 1.165) is 109 Å². The Morgan fingerprint density at radius 3 is 1.40 bits per heavy atom. The topological polar surface area (TPSA) is 108 Å². The molecule has 0 bridgehead atoms. The van der Waals surface area contributed by atoms with Gasteiger partial charge in [0.1, 0.15) is 13.2 Å². The maximum absolute atomic E-state index is 13.7. The van der Waals surface area contributed by atoms with Crippen molar-refractivity contribution < 1.29 is 33.4 Å². The summed E-state index contributed by atoms with van der Waals surface area (Å²) in [5, 5.41) is 2.86. The second-order valence-corrected chi connectivity index (χ2v) is 17.6. The number of esters is 3. The van der Waals surface area contributed by atoms with Gasteiger partial charge in [-0.25, -0.2) is 0 Å². The third kappa shape index (κ3) is 31.6. The Morgan fingerprint density at radius 1 is 0.545 bits per heavy atom. The minimum atomic E-state index is -0.885. The summed E-state index contributed by atoms with van der Waals surface area (Å²) < 4.78 is 17.6. The molecular weight excluding hydrogens is 691 g/mol. The van der Waals surface area contributed by atoms with Crippen LogP contribution in [0.5, 0.6) is 0 Å². The molecular formula is C47H89NO7. The minimum absolute atomic E-state index is 0.00692. The van der Waals surface area contributed by atoms with Crippen molar-refractivity contribution in [2.45, 2.75) is 235 Å². The summed E-state index contributed by atoms with van der Waals surface area (Å²) in [7, 11) is 0. The summed E-state index contributed by atoms with van der Waals surface area (Å²) in [6.45, 7) is 17.1. The van der Waals surface area contributed by atoms with Crippen LogP contribution in [0.4, 0.5) is 0 Å². The van der Waals surface area contributed by atoms with E-state index in [1.165, 1.54) is 51.4 Å². The number of carbonyl (C=O) groups excluding carboxylic acids is 4. The van der Waals surface area contributed by atoms with Crippen molar-refractivity contribution in [3.8, 4) is 0 Å². The number of nitrogens with one attached hydrogen (secondary N) is 1. The highest BCUT2D eigenvalue weighted by atomic mass is 16.6. The predicted octanol–water partition coefficient (Wildman–Crippen LogP) is 12.6. The molecule has 0 heterocycles. The van der Waals surface area contributed by atoms with Gasteiger partial charge in [0.05, 0.1) is 18.3 Å². The van der Waals surface area contributed by atoms with Gasteiger partial charge in [0.25, 0.3) is 0 Å². The molecule has 0 saturated carbocycles. The zero-order valence-corrected chi connectivity index (χ0v) is 37.4. The SMILES string of the molecule is CCCCCCCCC(CCCCCC)C(=O)OCC(COC(=O)CCNC(=O)CC(C)(C)CC(C)C)OC(=O)C(CCCCCC)CCCCCCCC.